The molecule has 0 atom stereocenters. The van der Waals surface area contributed by atoms with Crippen molar-refractivity contribution < 1.29 is 9.53 Å². The molecule has 7 heteroatoms. The summed E-state index contributed by atoms with van der Waals surface area (Å²) < 4.78 is 6.75. The Morgan fingerprint density at radius 1 is 1.08 bits per heavy atom. The number of aryl methyl sites for hydroxylation is 3. The second-order valence-corrected chi connectivity index (χ2v) is 7.83. The normalized spacial score (nSPS) is 10.3. The number of benzene rings is 2. The van der Waals surface area contributed by atoms with Crippen LogP contribution in [0.3, 0.4) is 0 Å². The molecule has 0 aliphatic rings. The summed E-state index contributed by atoms with van der Waals surface area (Å²) in [5, 5.41) is 6.05. The van der Waals surface area contributed by atoms with Gasteiger partial charge in [-0.1, -0.05) is 33.6 Å². The van der Waals surface area contributed by atoms with Gasteiger partial charge in [0.25, 0.3) is 5.91 Å². The summed E-state index contributed by atoms with van der Waals surface area (Å²) in [6, 6.07) is 7.62. The third-order valence-corrected chi connectivity index (χ3v) is 4.85. The molecular formula is C18H18Br2N2O2S. The van der Waals surface area contributed by atoms with Crippen molar-refractivity contribution >= 4 is 60.8 Å². The number of carbonyl (C=O) groups excluding carboxylic acids is 1. The molecule has 2 aromatic carbocycles. The molecule has 0 unspecified atom stereocenters. The van der Waals surface area contributed by atoms with Crippen molar-refractivity contribution in [1.82, 2.24) is 5.32 Å². The van der Waals surface area contributed by atoms with Gasteiger partial charge in [0.2, 0.25) is 0 Å². The minimum absolute atomic E-state index is 0.234. The number of carbonyl (C=O) groups is 1. The van der Waals surface area contributed by atoms with Crippen molar-refractivity contribution in [3.8, 4) is 5.75 Å². The van der Waals surface area contributed by atoms with E-state index in [0.29, 0.717) is 15.8 Å². The minimum Gasteiger partial charge on any atom is -0.495 e. The standard InChI is InChI=1S/C18H18Br2N2O2S/c1-9-5-10(2)15(11(3)6-9)21-18(25)22-17(23)13-7-12(19)8-14(20)16(13)24-4/h5-8H,1-4H3,(H2,21,22,23,25). The van der Waals surface area contributed by atoms with Crippen LogP contribution in [-0.2, 0) is 0 Å². The van der Waals surface area contributed by atoms with E-state index in [0.717, 1.165) is 21.3 Å². The van der Waals surface area contributed by atoms with E-state index in [1.165, 1.54) is 12.7 Å². The van der Waals surface area contributed by atoms with Crippen LogP contribution < -0.4 is 15.4 Å². The Hall–Kier alpha value is -1.44. The van der Waals surface area contributed by atoms with E-state index in [9.17, 15) is 4.79 Å². The largest absolute Gasteiger partial charge is 0.495 e. The third-order valence-electron chi connectivity index (χ3n) is 3.60. The highest BCUT2D eigenvalue weighted by Crippen LogP contribution is 2.32. The molecule has 2 aromatic rings. The van der Waals surface area contributed by atoms with Gasteiger partial charge in [0.15, 0.2) is 5.11 Å². The first-order valence-corrected chi connectivity index (χ1v) is 9.45. The zero-order valence-corrected chi connectivity index (χ0v) is 18.3. The Morgan fingerprint density at radius 2 is 1.68 bits per heavy atom. The van der Waals surface area contributed by atoms with Gasteiger partial charge in [0.1, 0.15) is 5.75 Å². The van der Waals surface area contributed by atoms with Crippen LogP contribution in [0, 0.1) is 20.8 Å². The maximum Gasteiger partial charge on any atom is 0.261 e. The summed E-state index contributed by atoms with van der Waals surface area (Å²) >= 11 is 12.1. The minimum atomic E-state index is -0.348. The van der Waals surface area contributed by atoms with E-state index in [2.05, 4.69) is 54.6 Å². The summed E-state index contributed by atoms with van der Waals surface area (Å²) in [7, 11) is 1.51. The van der Waals surface area contributed by atoms with Crippen LogP contribution in [0.2, 0.25) is 0 Å². The fourth-order valence-corrected chi connectivity index (χ4v) is 4.21. The lowest BCUT2D eigenvalue weighted by Gasteiger charge is -2.16. The van der Waals surface area contributed by atoms with E-state index < -0.39 is 0 Å². The molecule has 0 heterocycles. The number of methoxy groups -OCH3 is 1. The van der Waals surface area contributed by atoms with Crippen LogP contribution in [-0.4, -0.2) is 18.1 Å². The van der Waals surface area contributed by atoms with Crippen molar-refractivity contribution in [2.75, 3.05) is 12.4 Å². The Bertz CT molecular complexity index is 830. The van der Waals surface area contributed by atoms with Crippen LogP contribution in [0.4, 0.5) is 5.69 Å². The van der Waals surface area contributed by atoms with Crippen LogP contribution in [0.25, 0.3) is 0 Å². The van der Waals surface area contributed by atoms with Crippen molar-refractivity contribution in [2.45, 2.75) is 20.8 Å². The first kappa shape index (κ1) is 19.9. The number of rotatable bonds is 3. The van der Waals surface area contributed by atoms with Gasteiger partial charge in [-0.25, -0.2) is 0 Å². The van der Waals surface area contributed by atoms with Gasteiger partial charge in [0, 0.05) is 10.2 Å². The highest BCUT2D eigenvalue weighted by atomic mass is 79.9. The molecule has 0 aliphatic carbocycles. The number of thiocarbonyl (C=S) groups is 1. The zero-order valence-electron chi connectivity index (χ0n) is 14.3. The van der Waals surface area contributed by atoms with Crippen molar-refractivity contribution in [1.29, 1.82) is 0 Å². The molecule has 1 amide bonds. The molecule has 25 heavy (non-hydrogen) atoms. The Morgan fingerprint density at radius 3 is 2.24 bits per heavy atom. The lowest BCUT2D eigenvalue weighted by Crippen LogP contribution is -2.34. The fraction of sp³-hybridized carbons (Fsp3) is 0.222. The summed E-state index contributed by atoms with van der Waals surface area (Å²) in [6.45, 7) is 6.05. The number of hydrogen-bond donors (Lipinski definition) is 2. The molecule has 0 radical (unpaired) electrons. The van der Waals surface area contributed by atoms with E-state index in [1.807, 2.05) is 26.8 Å². The van der Waals surface area contributed by atoms with Gasteiger partial charge in [-0.3, -0.25) is 10.1 Å². The van der Waals surface area contributed by atoms with Gasteiger partial charge >= 0.3 is 0 Å². The Labute approximate surface area is 169 Å². The second kappa shape index (κ2) is 8.29. The lowest BCUT2D eigenvalue weighted by molar-refractivity contribution is 0.0974. The number of nitrogens with one attached hydrogen (secondary N) is 2. The topological polar surface area (TPSA) is 50.4 Å². The van der Waals surface area contributed by atoms with E-state index in [-0.39, 0.29) is 11.0 Å². The molecule has 0 spiro atoms. The number of hydrogen-bond acceptors (Lipinski definition) is 3. The fourth-order valence-electron chi connectivity index (χ4n) is 2.63. The van der Waals surface area contributed by atoms with Gasteiger partial charge in [0.05, 0.1) is 17.1 Å². The van der Waals surface area contributed by atoms with Crippen LogP contribution in [0.1, 0.15) is 27.0 Å². The molecule has 0 saturated heterocycles. The quantitative estimate of drug-likeness (QED) is 0.581. The van der Waals surface area contributed by atoms with E-state index in [4.69, 9.17) is 17.0 Å². The SMILES string of the molecule is COc1c(Br)cc(Br)cc1C(=O)NC(=S)Nc1c(C)cc(C)cc1C. The summed E-state index contributed by atoms with van der Waals surface area (Å²) in [6.07, 6.45) is 0. The Balaban J connectivity index is 2.21. The Kier molecular flexibility index (Phi) is 6.59. The van der Waals surface area contributed by atoms with E-state index in [1.54, 1.807) is 6.07 Å². The van der Waals surface area contributed by atoms with Gasteiger partial charge in [-0.2, -0.15) is 0 Å². The zero-order chi connectivity index (χ0) is 18.7. The molecule has 2 N–H and O–H groups in total. The monoisotopic (exact) mass is 484 g/mol. The predicted octanol–water partition coefficient (Wildman–Crippen LogP) is 5.27. The molecule has 0 aromatic heterocycles. The molecular weight excluding hydrogens is 468 g/mol. The number of anilines is 1. The van der Waals surface area contributed by atoms with E-state index >= 15 is 0 Å². The number of amides is 1. The van der Waals surface area contributed by atoms with Gasteiger partial charge in [-0.05, 0) is 72.2 Å². The van der Waals surface area contributed by atoms with Crippen molar-refractivity contribution in [3.63, 3.8) is 0 Å². The molecule has 2 rings (SSSR count). The average molecular weight is 486 g/mol. The van der Waals surface area contributed by atoms with Crippen molar-refractivity contribution in [3.05, 3.63) is 55.5 Å². The number of halogens is 2. The summed E-state index contributed by atoms with van der Waals surface area (Å²) in [5.41, 5.74) is 4.59. The number of ether oxygens (including phenoxy) is 1. The maximum atomic E-state index is 12.6. The maximum absolute atomic E-state index is 12.6. The second-order valence-electron chi connectivity index (χ2n) is 5.65. The smallest absolute Gasteiger partial charge is 0.261 e. The molecule has 0 fully saturated rings. The highest BCUT2D eigenvalue weighted by molar-refractivity contribution is 9.11. The first-order chi connectivity index (χ1) is 11.7. The summed E-state index contributed by atoms with van der Waals surface area (Å²) in [4.78, 5) is 12.6. The van der Waals surface area contributed by atoms with Crippen LogP contribution in [0.15, 0.2) is 33.2 Å². The van der Waals surface area contributed by atoms with Gasteiger partial charge in [-0.15, -0.1) is 0 Å². The van der Waals surface area contributed by atoms with Crippen molar-refractivity contribution in [2.24, 2.45) is 0 Å². The molecule has 0 saturated carbocycles. The predicted molar refractivity (Wildman–Crippen MR) is 113 cm³/mol. The summed E-state index contributed by atoms with van der Waals surface area (Å²) in [5.74, 6) is 0.102. The third kappa shape index (κ3) is 4.80. The van der Waals surface area contributed by atoms with Crippen LogP contribution in [0.5, 0.6) is 5.75 Å². The first-order valence-electron chi connectivity index (χ1n) is 7.46. The highest BCUT2D eigenvalue weighted by Gasteiger charge is 2.18. The van der Waals surface area contributed by atoms with Gasteiger partial charge < -0.3 is 10.1 Å². The molecule has 4 nitrogen and oxygen atoms in total. The molecule has 132 valence electrons. The lowest BCUT2D eigenvalue weighted by atomic mass is 10.1. The average Bonchev–Trinajstić information content (AvgIpc) is 2.50. The molecule has 0 bridgehead atoms. The molecule has 0 aliphatic heterocycles. The van der Waals surface area contributed by atoms with Crippen LogP contribution >= 0.6 is 44.1 Å².